The number of rotatable bonds is 3. The van der Waals surface area contributed by atoms with Crippen molar-refractivity contribution < 1.29 is 13.9 Å². The van der Waals surface area contributed by atoms with Crippen LogP contribution in [0.15, 0.2) is 24.3 Å². The maximum atomic E-state index is 12.8. The number of carbonyl (C=O) groups is 1. The lowest BCUT2D eigenvalue weighted by Gasteiger charge is -2.35. The SMILES string of the molecule is O=C(Nc1ccc(F)cc1)N1CCN(C[C@@H]2CCCO2)CC1. The van der Waals surface area contributed by atoms with Crippen LogP contribution < -0.4 is 5.32 Å². The van der Waals surface area contributed by atoms with Gasteiger partial charge in [-0.2, -0.15) is 0 Å². The number of benzene rings is 1. The Bertz CT molecular complexity index is 495. The number of amides is 2. The van der Waals surface area contributed by atoms with Crippen molar-refractivity contribution in [1.82, 2.24) is 9.80 Å². The molecule has 2 aliphatic rings. The zero-order valence-electron chi connectivity index (χ0n) is 12.6. The molecule has 0 radical (unpaired) electrons. The molecule has 2 amide bonds. The summed E-state index contributed by atoms with van der Waals surface area (Å²) in [5.74, 6) is -0.305. The van der Waals surface area contributed by atoms with Crippen LogP contribution in [0, 0.1) is 5.82 Å². The number of anilines is 1. The summed E-state index contributed by atoms with van der Waals surface area (Å²) in [5, 5.41) is 2.80. The first-order valence-corrected chi connectivity index (χ1v) is 7.86. The van der Waals surface area contributed by atoms with Crippen LogP contribution in [0.1, 0.15) is 12.8 Å². The van der Waals surface area contributed by atoms with E-state index in [-0.39, 0.29) is 11.8 Å². The molecule has 120 valence electrons. The highest BCUT2D eigenvalue weighted by Crippen LogP contribution is 2.15. The molecule has 0 aliphatic carbocycles. The van der Waals surface area contributed by atoms with Crippen molar-refractivity contribution in [2.45, 2.75) is 18.9 Å². The minimum absolute atomic E-state index is 0.122. The molecule has 0 aromatic heterocycles. The first-order valence-electron chi connectivity index (χ1n) is 7.86. The molecule has 1 atom stereocenters. The van der Waals surface area contributed by atoms with Crippen molar-refractivity contribution in [3.63, 3.8) is 0 Å². The van der Waals surface area contributed by atoms with Gasteiger partial charge in [-0.1, -0.05) is 0 Å². The van der Waals surface area contributed by atoms with Crippen LogP contribution in [0.4, 0.5) is 14.9 Å². The van der Waals surface area contributed by atoms with Gasteiger partial charge in [0.15, 0.2) is 0 Å². The summed E-state index contributed by atoms with van der Waals surface area (Å²) in [5.41, 5.74) is 0.619. The highest BCUT2D eigenvalue weighted by molar-refractivity contribution is 5.89. The molecule has 2 aliphatic heterocycles. The fourth-order valence-corrected chi connectivity index (χ4v) is 2.95. The van der Waals surface area contributed by atoms with E-state index in [2.05, 4.69) is 10.2 Å². The van der Waals surface area contributed by atoms with Crippen molar-refractivity contribution in [3.05, 3.63) is 30.1 Å². The molecule has 5 nitrogen and oxygen atoms in total. The van der Waals surface area contributed by atoms with E-state index in [1.54, 1.807) is 17.0 Å². The zero-order chi connectivity index (χ0) is 15.4. The van der Waals surface area contributed by atoms with E-state index in [1.165, 1.54) is 12.1 Å². The van der Waals surface area contributed by atoms with Gasteiger partial charge in [-0.3, -0.25) is 4.90 Å². The molecule has 1 aromatic rings. The minimum Gasteiger partial charge on any atom is -0.377 e. The van der Waals surface area contributed by atoms with Gasteiger partial charge in [-0.25, -0.2) is 9.18 Å². The first-order chi connectivity index (χ1) is 10.7. The topological polar surface area (TPSA) is 44.8 Å². The van der Waals surface area contributed by atoms with Crippen LogP contribution in [0.5, 0.6) is 0 Å². The number of halogens is 1. The summed E-state index contributed by atoms with van der Waals surface area (Å²) in [6, 6.07) is 5.70. The first kappa shape index (κ1) is 15.2. The van der Waals surface area contributed by atoms with Gasteiger partial charge in [-0.05, 0) is 37.1 Å². The molecule has 2 fully saturated rings. The highest BCUT2D eigenvalue weighted by Gasteiger charge is 2.24. The van der Waals surface area contributed by atoms with Crippen molar-refractivity contribution in [1.29, 1.82) is 0 Å². The second-order valence-electron chi connectivity index (χ2n) is 5.86. The largest absolute Gasteiger partial charge is 0.377 e. The lowest BCUT2D eigenvalue weighted by Crippen LogP contribution is -2.51. The summed E-state index contributed by atoms with van der Waals surface area (Å²) in [6.07, 6.45) is 2.66. The molecule has 2 saturated heterocycles. The van der Waals surface area contributed by atoms with Crippen LogP contribution >= 0.6 is 0 Å². The Morgan fingerprint density at radius 3 is 2.59 bits per heavy atom. The molecule has 0 spiro atoms. The van der Waals surface area contributed by atoms with Crippen LogP contribution in [0.25, 0.3) is 0 Å². The van der Waals surface area contributed by atoms with Gasteiger partial charge < -0.3 is 15.0 Å². The van der Waals surface area contributed by atoms with Crippen LogP contribution in [0.3, 0.4) is 0 Å². The molecule has 1 aromatic carbocycles. The number of carbonyl (C=O) groups excluding carboxylic acids is 1. The van der Waals surface area contributed by atoms with Crippen molar-refractivity contribution >= 4 is 11.7 Å². The lowest BCUT2D eigenvalue weighted by atomic mass is 10.2. The molecular formula is C16H22FN3O2. The number of hydrogen-bond donors (Lipinski definition) is 1. The predicted molar refractivity (Wildman–Crippen MR) is 82.4 cm³/mol. The maximum Gasteiger partial charge on any atom is 0.321 e. The zero-order valence-corrected chi connectivity index (χ0v) is 12.6. The second kappa shape index (κ2) is 7.07. The highest BCUT2D eigenvalue weighted by atomic mass is 19.1. The number of hydrogen-bond acceptors (Lipinski definition) is 3. The number of urea groups is 1. The van der Waals surface area contributed by atoms with Gasteiger partial charge >= 0.3 is 6.03 Å². The van der Waals surface area contributed by atoms with Gasteiger partial charge in [-0.15, -0.1) is 0 Å². The normalized spacial score (nSPS) is 22.8. The molecular weight excluding hydrogens is 285 g/mol. The molecule has 0 saturated carbocycles. The van der Waals surface area contributed by atoms with Crippen molar-refractivity contribution in [2.24, 2.45) is 0 Å². The van der Waals surface area contributed by atoms with Gasteiger partial charge in [0.05, 0.1) is 6.10 Å². The average Bonchev–Trinajstić information content (AvgIpc) is 3.03. The molecule has 0 bridgehead atoms. The maximum absolute atomic E-state index is 12.8. The van der Waals surface area contributed by atoms with Crippen molar-refractivity contribution in [2.75, 3.05) is 44.6 Å². The summed E-state index contributed by atoms with van der Waals surface area (Å²) >= 11 is 0. The Morgan fingerprint density at radius 1 is 1.23 bits per heavy atom. The van der Waals surface area contributed by atoms with Gasteiger partial charge in [0.2, 0.25) is 0 Å². The Hall–Kier alpha value is -1.66. The Morgan fingerprint density at radius 2 is 1.95 bits per heavy atom. The third-order valence-corrected chi connectivity index (χ3v) is 4.24. The number of ether oxygens (including phenoxy) is 1. The van der Waals surface area contributed by atoms with Gasteiger partial charge in [0.25, 0.3) is 0 Å². The van der Waals surface area contributed by atoms with E-state index >= 15 is 0 Å². The number of nitrogens with one attached hydrogen (secondary N) is 1. The van der Waals surface area contributed by atoms with E-state index < -0.39 is 0 Å². The standard InChI is InChI=1S/C16H22FN3O2/c17-13-3-5-14(6-4-13)18-16(21)20-9-7-19(8-10-20)12-15-2-1-11-22-15/h3-6,15H,1-2,7-12H2,(H,18,21)/t15-/m0/s1. The smallest absolute Gasteiger partial charge is 0.321 e. The molecule has 0 unspecified atom stereocenters. The Balaban J connectivity index is 1.44. The molecule has 1 N–H and O–H groups in total. The van der Waals surface area contributed by atoms with Crippen LogP contribution in [-0.2, 0) is 4.74 Å². The Kier molecular flexibility index (Phi) is 4.90. The lowest BCUT2D eigenvalue weighted by molar-refractivity contribution is 0.0572. The quantitative estimate of drug-likeness (QED) is 0.930. The fourth-order valence-electron chi connectivity index (χ4n) is 2.95. The third kappa shape index (κ3) is 3.96. The minimum atomic E-state index is -0.305. The average molecular weight is 307 g/mol. The summed E-state index contributed by atoms with van der Waals surface area (Å²) in [6.45, 7) is 5.00. The summed E-state index contributed by atoms with van der Waals surface area (Å²) < 4.78 is 18.5. The van der Waals surface area contributed by atoms with Crippen LogP contribution in [-0.4, -0.2) is 61.3 Å². The summed E-state index contributed by atoms with van der Waals surface area (Å²) in [4.78, 5) is 16.3. The molecule has 2 heterocycles. The van der Waals surface area contributed by atoms with E-state index in [0.717, 1.165) is 39.1 Å². The van der Waals surface area contributed by atoms with Gasteiger partial charge in [0.1, 0.15) is 5.82 Å². The molecule has 3 rings (SSSR count). The van der Waals surface area contributed by atoms with E-state index in [1.807, 2.05) is 0 Å². The Labute approximate surface area is 130 Å². The van der Waals surface area contributed by atoms with E-state index in [4.69, 9.17) is 4.74 Å². The van der Waals surface area contributed by atoms with E-state index in [9.17, 15) is 9.18 Å². The monoisotopic (exact) mass is 307 g/mol. The number of nitrogens with zero attached hydrogens (tertiary/aromatic N) is 2. The number of piperazine rings is 1. The van der Waals surface area contributed by atoms with E-state index in [0.29, 0.717) is 24.9 Å². The summed E-state index contributed by atoms with van der Waals surface area (Å²) in [7, 11) is 0. The van der Waals surface area contributed by atoms with Gasteiger partial charge in [0, 0.05) is 45.0 Å². The van der Waals surface area contributed by atoms with Crippen LogP contribution in [0.2, 0.25) is 0 Å². The van der Waals surface area contributed by atoms with Crippen molar-refractivity contribution in [3.8, 4) is 0 Å². The molecule has 22 heavy (non-hydrogen) atoms. The fraction of sp³-hybridized carbons (Fsp3) is 0.562. The molecule has 6 heteroatoms. The second-order valence-corrected chi connectivity index (χ2v) is 5.86. The third-order valence-electron chi connectivity index (χ3n) is 4.24. The predicted octanol–water partition coefficient (Wildman–Crippen LogP) is 2.15.